The standard InChI is InChI=1S/C27H27N3S2/c1-27(2,3)18-10-11-19-20(15-28)26(32-24(19)14-18)29-16-17-9-12-22-25(13-17)31-23-8-6-5-7-21(23)30(22)4/h5-9,12-13,16,18H,10-11,14H2,1-4H3/t18-/m1/s1. The normalized spacial score (nSPS) is 17.6. The van der Waals surface area contributed by atoms with Gasteiger partial charge in [-0.1, -0.05) is 50.7 Å². The highest BCUT2D eigenvalue weighted by Gasteiger charge is 2.32. The minimum atomic E-state index is 0.296. The van der Waals surface area contributed by atoms with Crippen molar-refractivity contribution in [2.75, 3.05) is 11.9 Å². The van der Waals surface area contributed by atoms with E-state index in [2.05, 4.69) is 81.3 Å². The van der Waals surface area contributed by atoms with Gasteiger partial charge < -0.3 is 4.90 Å². The summed E-state index contributed by atoms with van der Waals surface area (Å²) >= 11 is 3.51. The zero-order valence-corrected chi connectivity index (χ0v) is 20.6. The second-order valence-electron chi connectivity index (χ2n) is 9.72. The van der Waals surface area contributed by atoms with E-state index in [9.17, 15) is 5.26 Å². The third-order valence-corrected chi connectivity index (χ3v) is 8.98. The Bertz CT molecular complexity index is 1260. The summed E-state index contributed by atoms with van der Waals surface area (Å²) in [6.45, 7) is 6.97. The Hall–Kier alpha value is -2.55. The largest absolute Gasteiger partial charge is 0.343 e. The van der Waals surface area contributed by atoms with E-state index in [4.69, 9.17) is 4.99 Å². The summed E-state index contributed by atoms with van der Waals surface area (Å²) in [5, 5.41) is 10.7. The fourth-order valence-electron chi connectivity index (χ4n) is 4.69. The zero-order chi connectivity index (χ0) is 22.5. The number of para-hydroxylation sites is 1. The lowest BCUT2D eigenvalue weighted by Crippen LogP contribution is -2.26. The highest BCUT2D eigenvalue weighted by atomic mass is 32.2. The van der Waals surface area contributed by atoms with E-state index in [1.165, 1.54) is 31.6 Å². The SMILES string of the molecule is CN1c2ccccc2Sc2cc(C=Nc3sc4c(c3C#N)CC[C@@H](C(C)(C)C)C4)ccc21. The number of nitriles is 1. The molecule has 3 nitrogen and oxygen atoms in total. The second kappa shape index (κ2) is 8.10. The van der Waals surface area contributed by atoms with Crippen LogP contribution in [0, 0.1) is 22.7 Å². The van der Waals surface area contributed by atoms with Crippen LogP contribution in [-0.4, -0.2) is 13.3 Å². The molecule has 0 unspecified atom stereocenters. The van der Waals surface area contributed by atoms with Gasteiger partial charge in [0, 0.05) is 27.9 Å². The molecule has 2 aliphatic rings. The average Bonchev–Trinajstić information content (AvgIpc) is 3.14. The molecule has 0 N–H and O–H groups in total. The summed E-state index contributed by atoms with van der Waals surface area (Å²) in [4.78, 5) is 10.9. The fourth-order valence-corrected chi connectivity index (χ4v) is 7.11. The molecular weight excluding hydrogens is 430 g/mol. The van der Waals surface area contributed by atoms with Gasteiger partial charge in [-0.15, -0.1) is 11.3 Å². The molecule has 0 spiro atoms. The minimum Gasteiger partial charge on any atom is -0.343 e. The zero-order valence-electron chi connectivity index (χ0n) is 19.0. The first kappa shape index (κ1) is 21.3. The number of anilines is 2. The van der Waals surface area contributed by atoms with Crippen LogP contribution in [0.5, 0.6) is 0 Å². The number of hydrogen-bond acceptors (Lipinski definition) is 5. The van der Waals surface area contributed by atoms with E-state index in [0.717, 1.165) is 35.4 Å². The van der Waals surface area contributed by atoms with E-state index < -0.39 is 0 Å². The van der Waals surface area contributed by atoms with Crippen molar-refractivity contribution >= 4 is 45.7 Å². The number of fused-ring (bicyclic) bond motifs is 3. The number of nitrogens with zero attached hydrogens (tertiary/aromatic N) is 3. The number of rotatable bonds is 2. The van der Waals surface area contributed by atoms with Crippen LogP contribution in [0.3, 0.4) is 0 Å². The Labute approximate surface area is 198 Å². The number of thiophene rings is 1. The lowest BCUT2D eigenvalue weighted by Gasteiger charge is -2.33. The molecule has 0 radical (unpaired) electrons. The van der Waals surface area contributed by atoms with Gasteiger partial charge in [-0.2, -0.15) is 5.26 Å². The van der Waals surface area contributed by atoms with Gasteiger partial charge in [-0.25, -0.2) is 4.99 Å². The Morgan fingerprint density at radius 2 is 1.91 bits per heavy atom. The topological polar surface area (TPSA) is 39.4 Å². The summed E-state index contributed by atoms with van der Waals surface area (Å²) in [6.07, 6.45) is 5.13. The molecule has 5 heteroatoms. The van der Waals surface area contributed by atoms with Crippen molar-refractivity contribution in [2.45, 2.75) is 49.8 Å². The molecule has 1 atom stereocenters. The van der Waals surface area contributed by atoms with E-state index >= 15 is 0 Å². The van der Waals surface area contributed by atoms with E-state index in [-0.39, 0.29) is 0 Å². The van der Waals surface area contributed by atoms with Gasteiger partial charge in [0.1, 0.15) is 11.1 Å². The second-order valence-corrected chi connectivity index (χ2v) is 11.9. The number of aliphatic imine (C=N–C) groups is 1. The van der Waals surface area contributed by atoms with Crippen molar-refractivity contribution in [2.24, 2.45) is 16.3 Å². The van der Waals surface area contributed by atoms with Gasteiger partial charge in [0.2, 0.25) is 0 Å². The summed E-state index contributed by atoms with van der Waals surface area (Å²) < 4.78 is 0. The smallest absolute Gasteiger partial charge is 0.134 e. The van der Waals surface area contributed by atoms with Crippen molar-refractivity contribution in [1.29, 1.82) is 5.26 Å². The molecule has 2 aromatic carbocycles. The minimum absolute atomic E-state index is 0.296. The van der Waals surface area contributed by atoms with Crippen LogP contribution in [0.1, 0.15) is 48.8 Å². The number of benzene rings is 2. The molecule has 3 aromatic rings. The molecule has 162 valence electrons. The van der Waals surface area contributed by atoms with Gasteiger partial charge in [0.25, 0.3) is 0 Å². The molecule has 5 rings (SSSR count). The summed E-state index contributed by atoms with van der Waals surface area (Å²) in [6, 6.07) is 17.4. The van der Waals surface area contributed by atoms with Crippen molar-refractivity contribution in [3.63, 3.8) is 0 Å². The van der Waals surface area contributed by atoms with Gasteiger partial charge in [-0.05, 0) is 66.0 Å². The summed E-state index contributed by atoms with van der Waals surface area (Å²) in [7, 11) is 2.12. The number of hydrogen-bond donors (Lipinski definition) is 0. The fraction of sp³-hybridized carbons (Fsp3) is 0.333. The molecule has 1 aliphatic heterocycles. The van der Waals surface area contributed by atoms with Crippen molar-refractivity contribution in [1.82, 2.24) is 0 Å². The quantitative estimate of drug-likeness (QED) is 0.369. The summed E-state index contributed by atoms with van der Waals surface area (Å²) in [5.74, 6) is 0.662. The van der Waals surface area contributed by atoms with Crippen LogP contribution >= 0.6 is 23.1 Å². The molecular formula is C27H27N3S2. The molecule has 0 fully saturated rings. The van der Waals surface area contributed by atoms with Crippen molar-refractivity contribution < 1.29 is 0 Å². The molecule has 0 bridgehead atoms. The third kappa shape index (κ3) is 3.76. The first-order chi connectivity index (χ1) is 15.3. The van der Waals surface area contributed by atoms with Gasteiger partial charge in [0.05, 0.1) is 16.9 Å². The Kier molecular flexibility index (Phi) is 5.39. The first-order valence-corrected chi connectivity index (χ1v) is 12.7. The van der Waals surface area contributed by atoms with Crippen LogP contribution in [0.2, 0.25) is 0 Å². The van der Waals surface area contributed by atoms with E-state index in [0.29, 0.717) is 11.3 Å². The average molecular weight is 458 g/mol. The third-order valence-electron chi connectivity index (χ3n) is 6.71. The van der Waals surface area contributed by atoms with Crippen molar-refractivity contribution in [3.05, 3.63) is 64.0 Å². The first-order valence-electron chi connectivity index (χ1n) is 11.1. The van der Waals surface area contributed by atoms with Crippen LogP contribution in [0.15, 0.2) is 57.2 Å². The maximum Gasteiger partial charge on any atom is 0.134 e. The maximum absolute atomic E-state index is 9.84. The molecule has 0 saturated heterocycles. The molecule has 1 aliphatic carbocycles. The predicted molar refractivity (Wildman–Crippen MR) is 136 cm³/mol. The van der Waals surface area contributed by atoms with E-state index in [1.54, 1.807) is 23.1 Å². The molecule has 0 amide bonds. The molecule has 1 aromatic heterocycles. The molecule has 32 heavy (non-hydrogen) atoms. The van der Waals surface area contributed by atoms with Crippen LogP contribution in [-0.2, 0) is 12.8 Å². The summed E-state index contributed by atoms with van der Waals surface area (Å²) in [5.41, 5.74) is 5.84. The van der Waals surface area contributed by atoms with Gasteiger partial charge in [-0.3, -0.25) is 0 Å². The van der Waals surface area contributed by atoms with Gasteiger partial charge >= 0.3 is 0 Å². The van der Waals surface area contributed by atoms with E-state index in [1.807, 2.05) is 6.21 Å². The highest BCUT2D eigenvalue weighted by Crippen LogP contribution is 2.48. The Morgan fingerprint density at radius 1 is 1.12 bits per heavy atom. The van der Waals surface area contributed by atoms with Crippen LogP contribution < -0.4 is 4.90 Å². The molecule has 0 saturated carbocycles. The lowest BCUT2D eigenvalue weighted by molar-refractivity contribution is 0.218. The lowest BCUT2D eigenvalue weighted by atomic mass is 9.72. The van der Waals surface area contributed by atoms with Crippen LogP contribution in [0.25, 0.3) is 0 Å². The van der Waals surface area contributed by atoms with Crippen LogP contribution in [0.4, 0.5) is 16.4 Å². The predicted octanol–water partition coefficient (Wildman–Crippen LogP) is 7.75. The maximum atomic E-state index is 9.84. The molecule has 2 heterocycles. The Balaban J connectivity index is 1.43. The monoisotopic (exact) mass is 457 g/mol. The Morgan fingerprint density at radius 3 is 2.69 bits per heavy atom. The van der Waals surface area contributed by atoms with Gasteiger partial charge in [0.15, 0.2) is 0 Å². The highest BCUT2D eigenvalue weighted by molar-refractivity contribution is 7.99. The van der Waals surface area contributed by atoms with Crippen molar-refractivity contribution in [3.8, 4) is 6.07 Å².